The van der Waals surface area contributed by atoms with E-state index in [-0.39, 0.29) is 11.8 Å². The number of ether oxygens (including phenoxy) is 1. The van der Waals surface area contributed by atoms with Gasteiger partial charge in [0.2, 0.25) is 5.91 Å². The van der Waals surface area contributed by atoms with Gasteiger partial charge in [-0.05, 0) is 30.2 Å². The zero-order valence-corrected chi connectivity index (χ0v) is 11.3. The van der Waals surface area contributed by atoms with Crippen molar-refractivity contribution in [2.24, 2.45) is 11.8 Å². The topological polar surface area (TPSA) is 55.4 Å². The predicted octanol–water partition coefficient (Wildman–Crippen LogP) is 2.72. The average Bonchev–Trinajstić information content (AvgIpc) is 2.31. The lowest BCUT2D eigenvalue weighted by molar-refractivity contribution is -0.150. The molecule has 1 N–H and O–H groups in total. The fourth-order valence-electron chi connectivity index (χ4n) is 1.56. The first kappa shape index (κ1) is 14.5. The average molecular weight is 270 g/mol. The zero-order valence-electron chi connectivity index (χ0n) is 10.6. The van der Waals surface area contributed by atoms with Gasteiger partial charge >= 0.3 is 5.97 Å². The molecule has 0 heterocycles. The SMILES string of the molecule is COC(=O)C(C(=O)Nc1ccc(Cl)cc1)C(C)C. The van der Waals surface area contributed by atoms with Crippen molar-refractivity contribution in [1.82, 2.24) is 0 Å². The summed E-state index contributed by atoms with van der Waals surface area (Å²) < 4.78 is 4.63. The van der Waals surface area contributed by atoms with E-state index in [4.69, 9.17) is 11.6 Å². The highest BCUT2D eigenvalue weighted by Gasteiger charge is 2.30. The van der Waals surface area contributed by atoms with Crippen molar-refractivity contribution >= 4 is 29.2 Å². The number of rotatable bonds is 4. The number of nitrogens with one attached hydrogen (secondary N) is 1. The molecular weight excluding hydrogens is 254 g/mol. The van der Waals surface area contributed by atoms with Crippen LogP contribution in [0.2, 0.25) is 5.02 Å². The van der Waals surface area contributed by atoms with Crippen LogP contribution in [0, 0.1) is 11.8 Å². The van der Waals surface area contributed by atoms with E-state index in [9.17, 15) is 9.59 Å². The van der Waals surface area contributed by atoms with Crippen molar-refractivity contribution < 1.29 is 14.3 Å². The number of amides is 1. The highest BCUT2D eigenvalue weighted by Crippen LogP contribution is 2.18. The summed E-state index contributed by atoms with van der Waals surface area (Å²) >= 11 is 5.75. The monoisotopic (exact) mass is 269 g/mol. The van der Waals surface area contributed by atoms with Gasteiger partial charge in [-0.25, -0.2) is 0 Å². The van der Waals surface area contributed by atoms with Crippen LogP contribution in [-0.4, -0.2) is 19.0 Å². The second-order valence-electron chi connectivity index (χ2n) is 4.24. The maximum absolute atomic E-state index is 12.0. The zero-order chi connectivity index (χ0) is 13.7. The Labute approximate surface area is 111 Å². The highest BCUT2D eigenvalue weighted by molar-refractivity contribution is 6.30. The van der Waals surface area contributed by atoms with E-state index in [1.807, 2.05) is 0 Å². The number of anilines is 1. The lowest BCUT2D eigenvalue weighted by Gasteiger charge is -2.17. The first-order valence-corrected chi connectivity index (χ1v) is 5.97. The molecule has 0 spiro atoms. The molecule has 0 aromatic heterocycles. The van der Waals surface area contributed by atoms with Gasteiger partial charge in [-0.15, -0.1) is 0 Å². The Morgan fingerprint density at radius 1 is 1.22 bits per heavy atom. The summed E-state index contributed by atoms with van der Waals surface area (Å²) in [6.07, 6.45) is 0. The number of hydrogen-bond donors (Lipinski definition) is 1. The van der Waals surface area contributed by atoms with Crippen LogP contribution < -0.4 is 5.32 Å². The van der Waals surface area contributed by atoms with Gasteiger partial charge in [0.1, 0.15) is 5.92 Å². The minimum atomic E-state index is -0.814. The highest BCUT2D eigenvalue weighted by atomic mass is 35.5. The van der Waals surface area contributed by atoms with Crippen molar-refractivity contribution in [3.8, 4) is 0 Å². The molecule has 0 aliphatic rings. The number of halogens is 1. The fourth-order valence-corrected chi connectivity index (χ4v) is 1.69. The number of hydrogen-bond acceptors (Lipinski definition) is 3. The largest absolute Gasteiger partial charge is 0.468 e. The molecule has 4 nitrogen and oxygen atoms in total. The molecule has 1 unspecified atom stereocenters. The second kappa shape index (κ2) is 6.40. The van der Waals surface area contributed by atoms with Gasteiger partial charge in [0.15, 0.2) is 0 Å². The van der Waals surface area contributed by atoms with Crippen molar-refractivity contribution in [2.75, 3.05) is 12.4 Å². The number of benzene rings is 1. The molecule has 0 radical (unpaired) electrons. The number of carbonyl (C=O) groups excluding carboxylic acids is 2. The molecule has 1 amide bonds. The molecular formula is C13H16ClNO3. The van der Waals surface area contributed by atoms with E-state index in [1.165, 1.54) is 7.11 Å². The second-order valence-corrected chi connectivity index (χ2v) is 4.68. The first-order chi connectivity index (χ1) is 8.45. The van der Waals surface area contributed by atoms with Crippen LogP contribution in [0.15, 0.2) is 24.3 Å². The van der Waals surface area contributed by atoms with Gasteiger partial charge in [-0.2, -0.15) is 0 Å². The molecule has 98 valence electrons. The third-order valence-electron chi connectivity index (χ3n) is 2.52. The summed E-state index contributed by atoms with van der Waals surface area (Å²) in [5.41, 5.74) is 0.596. The van der Waals surface area contributed by atoms with Crippen molar-refractivity contribution in [1.29, 1.82) is 0 Å². The van der Waals surface area contributed by atoms with Gasteiger partial charge in [-0.3, -0.25) is 9.59 Å². The van der Waals surface area contributed by atoms with Crippen LogP contribution in [0.5, 0.6) is 0 Å². The lowest BCUT2D eigenvalue weighted by atomic mass is 9.95. The predicted molar refractivity (Wildman–Crippen MR) is 70.4 cm³/mol. The molecule has 0 aliphatic heterocycles. The normalized spacial score (nSPS) is 12.1. The molecule has 0 fully saturated rings. The standard InChI is InChI=1S/C13H16ClNO3/c1-8(2)11(13(17)18-3)12(16)15-10-6-4-9(14)5-7-10/h4-8,11H,1-3H3,(H,15,16). The van der Waals surface area contributed by atoms with Crippen molar-refractivity contribution in [3.05, 3.63) is 29.3 Å². The maximum atomic E-state index is 12.0. The van der Waals surface area contributed by atoms with Gasteiger partial charge in [0, 0.05) is 10.7 Å². The van der Waals surface area contributed by atoms with Gasteiger partial charge in [-0.1, -0.05) is 25.4 Å². The van der Waals surface area contributed by atoms with Crippen LogP contribution in [-0.2, 0) is 14.3 Å². The van der Waals surface area contributed by atoms with Crippen LogP contribution in [0.1, 0.15) is 13.8 Å². The third kappa shape index (κ3) is 3.74. The van der Waals surface area contributed by atoms with Crippen molar-refractivity contribution in [2.45, 2.75) is 13.8 Å². The van der Waals surface area contributed by atoms with Crippen molar-refractivity contribution in [3.63, 3.8) is 0 Å². The molecule has 1 rings (SSSR count). The Morgan fingerprint density at radius 3 is 2.22 bits per heavy atom. The number of esters is 1. The van der Waals surface area contributed by atoms with Gasteiger partial charge in [0.05, 0.1) is 7.11 Å². The van der Waals surface area contributed by atoms with Crippen LogP contribution in [0.4, 0.5) is 5.69 Å². The summed E-state index contributed by atoms with van der Waals surface area (Å²) in [6.45, 7) is 3.59. The molecule has 0 saturated heterocycles. The molecule has 1 aromatic carbocycles. The minimum absolute atomic E-state index is 0.134. The van der Waals surface area contributed by atoms with Crippen LogP contribution in [0.3, 0.4) is 0 Å². The number of carbonyl (C=O) groups is 2. The lowest BCUT2D eigenvalue weighted by Crippen LogP contribution is -2.34. The fraction of sp³-hybridized carbons (Fsp3) is 0.385. The van der Waals surface area contributed by atoms with E-state index < -0.39 is 11.9 Å². The Kier molecular flexibility index (Phi) is 5.16. The minimum Gasteiger partial charge on any atom is -0.468 e. The Balaban J connectivity index is 2.79. The first-order valence-electron chi connectivity index (χ1n) is 5.60. The summed E-state index contributed by atoms with van der Waals surface area (Å²) in [7, 11) is 1.27. The molecule has 1 aromatic rings. The quantitative estimate of drug-likeness (QED) is 0.675. The summed E-state index contributed by atoms with van der Waals surface area (Å²) in [6, 6.07) is 6.68. The van der Waals surface area contributed by atoms with Crippen LogP contribution >= 0.6 is 11.6 Å². The summed E-state index contributed by atoms with van der Waals surface area (Å²) in [5, 5.41) is 3.25. The maximum Gasteiger partial charge on any atom is 0.318 e. The van der Waals surface area contributed by atoms with E-state index in [0.29, 0.717) is 10.7 Å². The summed E-state index contributed by atoms with van der Waals surface area (Å²) in [5.74, 6) is -1.86. The molecule has 0 aliphatic carbocycles. The number of methoxy groups -OCH3 is 1. The van der Waals surface area contributed by atoms with E-state index in [2.05, 4.69) is 10.1 Å². The Hall–Kier alpha value is -1.55. The Bertz CT molecular complexity index is 428. The summed E-state index contributed by atoms with van der Waals surface area (Å²) in [4.78, 5) is 23.5. The van der Waals surface area contributed by atoms with Crippen LogP contribution in [0.25, 0.3) is 0 Å². The van der Waals surface area contributed by atoms with E-state index in [1.54, 1.807) is 38.1 Å². The smallest absolute Gasteiger partial charge is 0.318 e. The molecule has 5 heteroatoms. The molecule has 0 bridgehead atoms. The molecule has 0 saturated carbocycles. The van der Waals surface area contributed by atoms with Gasteiger partial charge < -0.3 is 10.1 Å². The molecule has 18 heavy (non-hydrogen) atoms. The Morgan fingerprint density at radius 2 is 1.78 bits per heavy atom. The van der Waals surface area contributed by atoms with Gasteiger partial charge in [0.25, 0.3) is 0 Å². The third-order valence-corrected chi connectivity index (χ3v) is 2.77. The van der Waals surface area contributed by atoms with E-state index >= 15 is 0 Å². The molecule has 1 atom stereocenters. The van der Waals surface area contributed by atoms with E-state index in [0.717, 1.165) is 0 Å².